The number of nitrogens with one attached hydrogen (secondary N) is 1. The average Bonchev–Trinajstić information content (AvgIpc) is 3.32. The molecule has 1 aromatic rings. The Balaban J connectivity index is 1.39. The summed E-state index contributed by atoms with van der Waals surface area (Å²) in [5, 5.41) is 0. The smallest absolute Gasteiger partial charge is 0.309 e. The fraction of sp³-hybridized carbons (Fsp3) is 0.667. The molecule has 4 rings (SSSR count). The molecule has 0 unspecified atom stereocenters. The van der Waals surface area contributed by atoms with Gasteiger partial charge < -0.3 is 14.5 Å². The van der Waals surface area contributed by atoms with Gasteiger partial charge in [-0.3, -0.25) is 9.59 Å². The number of hydrogen-bond donors (Lipinski definition) is 1. The highest BCUT2D eigenvalue weighted by Crippen LogP contribution is 2.40. The van der Waals surface area contributed by atoms with E-state index in [1.54, 1.807) is 4.90 Å². The molecule has 3 aliphatic rings. The third kappa shape index (κ3) is 5.00. The molecule has 0 aromatic heterocycles. The van der Waals surface area contributed by atoms with Crippen molar-refractivity contribution < 1.29 is 19.2 Å². The maximum Gasteiger partial charge on any atom is 0.309 e. The van der Waals surface area contributed by atoms with Gasteiger partial charge in [0.25, 0.3) is 0 Å². The number of benzene rings is 1. The van der Waals surface area contributed by atoms with Crippen LogP contribution in [-0.4, -0.2) is 56.1 Å². The first-order chi connectivity index (χ1) is 14.2. The first-order valence-electron chi connectivity index (χ1n) is 11.5. The standard InChI is InChI=1S/C24H34N2O3/c1-2-29-24(28)22-16-21(22)17-26(14-13-25-11-5-6-12-25)23(27)20-10-9-18-7-3-4-8-19(18)15-20/h3-4,7-8,20-22H,2,5-6,9-17H2,1H3/p+1/t20-,21-,22-/m1/s1. The normalized spacial score (nSPS) is 26.0. The van der Waals surface area contributed by atoms with E-state index in [0.717, 1.165) is 38.8 Å². The number of likely N-dealkylation sites (tertiary alicyclic amines) is 1. The average molecular weight is 400 g/mol. The predicted molar refractivity (Wildman–Crippen MR) is 112 cm³/mol. The van der Waals surface area contributed by atoms with E-state index in [-0.39, 0.29) is 23.7 Å². The molecule has 3 atom stereocenters. The lowest BCUT2D eigenvalue weighted by Crippen LogP contribution is -3.10. The van der Waals surface area contributed by atoms with Crippen LogP contribution in [0.3, 0.4) is 0 Å². The number of hydrogen-bond acceptors (Lipinski definition) is 3. The highest BCUT2D eigenvalue weighted by Gasteiger charge is 2.46. The fourth-order valence-electron chi connectivity index (χ4n) is 5.15. The van der Waals surface area contributed by atoms with Crippen molar-refractivity contribution in [2.75, 3.05) is 39.3 Å². The number of quaternary nitrogens is 1. The molecule has 1 saturated heterocycles. The number of amides is 1. The second-order valence-corrected chi connectivity index (χ2v) is 9.05. The van der Waals surface area contributed by atoms with Gasteiger partial charge >= 0.3 is 5.97 Å². The summed E-state index contributed by atoms with van der Waals surface area (Å²) in [5.74, 6) is 0.575. The molecule has 0 bridgehead atoms. The van der Waals surface area contributed by atoms with E-state index >= 15 is 0 Å². The second kappa shape index (κ2) is 9.29. The van der Waals surface area contributed by atoms with Gasteiger partial charge in [-0.1, -0.05) is 24.3 Å². The summed E-state index contributed by atoms with van der Waals surface area (Å²) in [5.41, 5.74) is 2.73. The van der Waals surface area contributed by atoms with Crippen molar-refractivity contribution in [1.82, 2.24) is 4.90 Å². The molecule has 0 spiro atoms. The van der Waals surface area contributed by atoms with Crippen molar-refractivity contribution in [3.05, 3.63) is 35.4 Å². The van der Waals surface area contributed by atoms with Crippen molar-refractivity contribution >= 4 is 11.9 Å². The predicted octanol–water partition coefficient (Wildman–Crippen LogP) is 1.50. The van der Waals surface area contributed by atoms with Crippen LogP contribution < -0.4 is 4.90 Å². The van der Waals surface area contributed by atoms with E-state index in [9.17, 15) is 9.59 Å². The summed E-state index contributed by atoms with van der Waals surface area (Å²) in [4.78, 5) is 29.2. The molecule has 2 fully saturated rings. The number of rotatable bonds is 8. The van der Waals surface area contributed by atoms with Crippen LogP contribution in [-0.2, 0) is 27.2 Å². The molecule has 1 N–H and O–H groups in total. The summed E-state index contributed by atoms with van der Waals surface area (Å²) in [6.45, 7) is 7.31. The maximum atomic E-state index is 13.5. The zero-order valence-electron chi connectivity index (χ0n) is 17.7. The van der Waals surface area contributed by atoms with Crippen LogP contribution in [0.2, 0.25) is 0 Å². The van der Waals surface area contributed by atoms with Gasteiger partial charge in [-0.2, -0.15) is 0 Å². The topological polar surface area (TPSA) is 51.0 Å². The maximum absolute atomic E-state index is 13.5. The summed E-state index contributed by atoms with van der Waals surface area (Å²) in [6, 6.07) is 8.53. The van der Waals surface area contributed by atoms with Gasteiger partial charge in [0, 0.05) is 25.3 Å². The first kappa shape index (κ1) is 20.4. The quantitative estimate of drug-likeness (QED) is 0.674. The molecule has 158 valence electrons. The number of esters is 1. The molecule has 1 saturated carbocycles. The monoisotopic (exact) mass is 399 g/mol. The summed E-state index contributed by atoms with van der Waals surface area (Å²) in [7, 11) is 0. The Bertz CT molecular complexity index is 729. The molecule has 2 aliphatic carbocycles. The van der Waals surface area contributed by atoms with Gasteiger partial charge in [-0.05, 0) is 49.7 Å². The van der Waals surface area contributed by atoms with Crippen LogP contribution >= 0.6 is 0 Å². The van der Waals surface area contributed by atoms with Gasteiger partial charge in [0.2, 0.25) is 5.91 Å². The van der Waals surface area contributed by atoms with E-state index < -0.39 is 0 Å². The Hall–Kier alpha value is -1.88. The minimum absolute atomic E-state index is 0.00327. The second-order valence-electron chi connectivity index (χ2n) is 9.05. The van der Waals surface area contributed by atoms with Crippen LogP contribution in [0.25, 0.3) is 0 Å². The molecule has 1 aromatic carbocycles. The minimum atomic E-state index is -0.0818. The van der Waals surface area contributed by atoms with Crippen LogP contribution in [0.4, 0.5) is 0 Å². The Labute approximate surface area is 174 Å². The third-order valence-electron chi connectivity index (χ3n) is 7.02. The lowest BCUT2D eigenvalue weighted by Gasteiger charge is -2.31. The lowest BCUT2D eigenvalue weighted by atomic mass is 9.83. The minimum Gasteiger partial charge on any atom is -0.466 e. The molecule has 1 amide bonds. The Morgan fingerprint density at radius 2 is 1.93 bits per heavy atom. The van der Waals surface area contributed by atoms with Crippen molar-refractivity contribution in [2.24, 2.45) is 17.8 Å². The van der Waals surface area contributed by atoms with Crippen LogP contribution in [0.15, 0.2) is 24.3 Å². The summed E-state index contributed by atoms with van der Waals surface area (Å²) in [6.07, 6.45) is 6.26. The Morgan fingerprint density at radius 3 is 2.69 bits per heavy atom. The van der Waals surface area contributed by atoms with Gasteiger partial charge in [0.15, 0.2) is 0 Å². The Kier molecular flexibility index (Phi) is 6.53. The first-order valence-corrected chi connectivity index (χ1v) is 11.5. The van der Waals surface area contributed by atoms with E-state index in [1.165, 1.54) is 37.1 Å². The molecule has 1 aliphatic heterocycles. The molecule has 0 radical (unpaired) electrons. The van der Waals surface area contributed by atoms with Crippen molar-refractivity contribution in [3.8, 4) is 0 Å². The molecule has 5 nitrogen and oxygen atoms in total. The zero-order chi connectivity index (χ0) is 20.2. The highest BCUT2D eigenvalue weighted by atomic mass is 16.5. The molecule has 1 heterocycles. The third-order valence-corrected chi connectivity index (χ3v) is 7.02. The lowest BCUT2D eigenvalue weighted by molar-refractivity contribution is -0.886. The van der Waals surface area contributed by atoms with Crippen LogP contribution in [0.5, 0.6) is 0 Å². The number of aryl methyl sites for hydroxylation is 1. The van der Waals surface area contributed by atoms with E-state index in [1.807, 2.05) is 6.92 Å². The largest absolute Gasteiger partial charge is 0.466 e. The van der Waals surface area contributed by atoms with E-state index in [4.69, 9.17) is 4.74 Å². The van der Waals surface area contributed by atoms with Gasteiger partial charge in [0.05, 0.1) is 38.7 Å². The SMILES string of the molecule is CCOC(=O)[C@@H]1C[C@@H]1CN(CC[NH+]1CCCC1)C(=O)[C@@H]1CCc2ccccc2C1. The van der Waals surface area contributed by atoms with E-state index in [2.05, 4.69) is 29.2 Å². The van der Waals surface area contributed by atoms with Gasteiger partial charge in [0.1, 0.15) is 0 Å². The summed E-state index contributed by atoms with van der Waals surface area (Å²) < 4.78 is 5.19. The fourth-order valence-corrected chi connectivity index (χ4v) is 5.15. The number of carbonyl (C=O) groups is 2. The number of fused-ring (bicyclic) bond motifs is 1. The highest BCUT2D eigenvalue weighted by molar-refractivity contribution is 5.80. The van der Waals surface area contributed by atoms with Crippen molar-refractivity contribution in [3.63, 3.8) is 0 Å². The molecular formula is C24H35N2O3+. The number of carbonyl (C=O) groups excluding carboxylic acids is 2. The summed E-state index contributed by atoms with van der Waals surface area (Å²) >= 11 is 0. The van der Waals surface area contributed by atoms with E-state index in [0.29, 0.717) is 19.1 Å². The van der Waals surface area contributed by atoms with Crippen LogP contribution in [0.1, 0.15) is 43.7 Å². The zero-order valence-corrected chi connectivity index (χ0v) is 17.7. The van der Waals surface area contributed by atoms with Crippen molar-refractivity contribution in [1.29, 1.82) is 0 Å². The van der Waals surface area contributed by atoms with Crippen LogP contribution in [0, 0.1) is 17.8 Å². The number of ether oxygens (including phenoxy) is 1. The van der Waals surface area contributed by atoms with Gasteiger partial charge in [-0.15, -0.1) is 0 Å². The molecule has 5 heteroatoms. The van der Waals surface area contributed by atoms with Gasteiger partial charge in [-0.25, -0.2) is 0 Å². The number of nitrogens with zero attached hydrogens (tertiary/aromatic N) is 1. The molecule has 29 heavy (non-hydrogen) atoms. The molecular weight excluding hydrogens is 364 g/mol. The Morgan fingerprint density at radius 1 is 1.17 bits per heavy atom. The van der Waals surface area contributed by atoms with Crippen molar-refractivity contribution in [2.45, 2.75) is 45.4 Å².